The first-order chi connectivity index (χ1) is 12.2. The van der Waals surface area contributed by atoms with Crippen LogP contribution in [-0.4, -0.2) is 13.1 Å². The lowest BCUT2D eigenvalue weighted by atomic mass is 10.3. The van der Waals surface area contributed by atoms with Crippen molar-refractivity contribution in [1.82, 2.24) is 0 Å². The summed E-state index contributed by atoms with van der Waals surface area (Å²) in [5, 5.41) is 0. The van der Waals surface area contributed by atoms with Gasteiger partial charge in [0.25, 0.3) is 0 Å². The third-order valence-electron chi connectivity index (χ3n) is 3.33. The van der Waals surface area contributed by atoms with Crippen LogP contribution in [0.2, 0.25) is 0 Å². The molecule has 0 saturated heterocycles. The van der Waals surface area contributed by atoms with Crippen LogP contribution in [0.15, 0.2) is 65.1 Å². The Kier molecular flexibility index (Phi) is 4.99. The molecule has 0 aliphatic carbocycles. The van der Waals surface area contributed by atoms with Crippen LogP contribution in [0, 0.1) is 5.82 Å². The van der Waals surface area contributed by atoms with Gasteiger partial charge < -0.3 is 18.6 Å². The maximum absolute atomic E-state index is 12.8. The lowest BCUT2D eigenvalue weighted by Crippen LogP contribution is -2.08. The average molecular weight is 342 g/mol. The van der Waals surface area contributed by atoms with Crippen molar-refractivity contribution in [2.75, 3.05) is 7.11 Å². The minimum atomic E-state index is -0.641. The number of para-hydroxylation sites is 2. The summed E-state index contributed by atoms with van der Waals surface area (Å²) in [7, 11) is 1.49. The maximum Gasteiger partial charge on any atom is 0.379 e. The smallest absolute Gasteiger partial charge is 0.379 e. The molecule has 0 amide bonds. The molecular formula is C19H15FO5. The molecule has 5 nitrogen and oxygen atoms in total. The van der Waals surface area contributed by atoms with E-state index in [1.54, 1.807) is 30.3 Å². The molecule has 3 aromatic rings. The number of esters is 1. The minimum Gasteiger partial charge on any atom is -0.493 e. The van der Waals surface area contributed by atoms with Gasteiger partial charge in [0.1, 0.15) is 23.9 Å². The van der Waals surface area contributed by atoms with E-state index in [4.69, 9.17) is 18.6 Å². The Morgan fingerprint density at radius 1 is 1.00 bits per heavy atom. The standard InChI is InChI=1S/C19H15FO5/c1-22-16-4-2-3-5-17(16)25-19(21)18-11-10-15(24-18)12-23-14-8-6-13(20)7-9-14/h2-11H,12H2,1H3. The second kappa shape index (κ2) is 7.53. The number of hydrogen-bond donors (Lipinski definition) is 0. The van der Waals surface area contributed by atoms with Gasteiger partial charge >= 0.3 is 5.97 Å². The van der Waals surface area contributed by atoms with E-state index in [2.05, 4.69) is 0 Å². The van der Waals surface area contributed by atoms with Crippen LogP contribution in [0.4, 0.5) is 4.39 Å². The van der Waals surface area contributed by atoms with Gasteiger partial charge in [-0.05, 0) is 48.5 Å². The molecule has 0 spiro atoms. The van der Waals surface area contributed by atoms with Crippen molar-refractivity contribution < 1.29 is 27.8 Å². The highest BCUT2D eigenvalue weighted by Gasteiger charge is 2.16. The number of carbonyl (C=O) groups is 1. The van der Waals surface area contributed by atoms with Crippen molar-refractivity contribution in [1.29, 1.82) is 0 Å². The highest BCUT2D eigenvalue weighted by molar-refractivity contribution is 5.88. The maximum atomic E-state index is 12.8. The van der Waals surface area contributed by atoms with Gasteiger partial charge in [-0.25, -0.2) is 9.18 Å². The van der Waals surface area contributed by atoms with Crippen molar-refractivity contribution in [2.24, 2.45) is 0 Å². The Hall–Kier alpha value is -3.28. The number of carbonyl (C=O) groups excluding carboxylic acids is 1. The van der Waals surface area contributed by atoms with Gasteiger partial charge in [0.2, 0.25) is 5.76 Å². The molecule has 0 fully saturated rings. The normalized spacial score (nSPS) is 10.3. The Morgan fingerprint density at radius 2 is 1.72 bits per heavy atom. The van der Waals surface area contributed by atoms with Gasteiger partial charge in [0, 0.05) is 0 Å². The Balaban J connectivity index is 1.62. The lowest BCUT2D eigenvalue weighted by Gasteiger charge is -2.07. The average Bonchev–Trinajstić information content (AvgIpc) is 3.11. The summed E-state index contributed by atoms with van der Waals surface area (Å²) in [6.45, 7) is 0.105. The summed E-state index contributed by atoms with van der Waals surface area (Å²) >= 11 is 0. The van der Waals surface area contributed by atoms with Gasteiger partial charge in [-0.1, -0.05) is 12.1 Å². The highest BCUT2D eigenvalue weighted by atomic mass is 19.1. The summed E-state index contributed by atoms with van der Waals surface area (Å²) < 4.78 is 34.1. The summed E-state index contributed by atoms with van der Waals surface area (Å²) in [6.07, 6.45) is 0. The second-order valence-electron chi connectivity index (χ2n) is 5.05. The summed E-state index contributed by atoms with van der Waals surface area (Å²) in [6, 6.07) is 15.5. The molecule has 1 aromatic heterocycles. The first-order valence-corrected chi connectivity index (χ1v) is 7.48. The van der Waals surface area contributed by atoms with Crippen molar-refractivity contribution in [3.05, 3.63) is 78.0 Å². The van der Waals surface area contributed by atoms with Crippen molar-refractivity contribution in [3.8, 4) is 17.2 Å². The van der Waals surface area contributed by atoms with Gasteiger partial charge in [-0.15, -0.1) is 0 Å². The molecule has 0 saturated carbocycles. The molecule has 0 N–H and O–H groups in total. The number of rotatable bonds is 6. The fourth-order valence-electron chi connectivity index (χ4n) is 2.10. The topological polar surface area (TPSA) is 57.9 Å². The number of furan rings is 1. The number of methoxy groups -OCH3 is 1. The van der Waals surface area contributed by atoms with E-state index in [9.17, 15) is 9.18 Å². The van der Waals surface area contributed by atoms with E-state index in [1.807, 2.05) is 0 Å². The molecule has 6 heteroatoms. The van der Waals surface area contributed by atoms with Crippen molar-refractivity contribution >= 4 is 5.97 Å². The monoisotopic (exact) mass is 342 g/mol. The van der Waals surface area contributed by atoms with Crippen LogP contribution in [0.25, 0.3) is 0 Å². The van der Waals surface area contributed by atoms with E-state index < -0.39 is 5.97 Å². The first kappa shape index (κ1) is 16.6. The minimum absolute atomic E-state index is 0.0450. The SMILES string of the molecule is COc1ccccc1OC(=O)c1ccc(COc2ccc(F)cc2)o1. The molecule has 25 heavy (non-hydrogen) atoms. The third-order valence-corrected chi connectivity index (χ3v) is 3.33. The largest absolute Gasteiger partial charge is 0.493 e. The second-order valence-corrected chi connectivity index (χ2v) is 5.05. The van der Waals surface area contributed by atoms with E-state index in [-0.39, 0.29) is 18.2 Å². The molecule has 0 aliphatic heterocycles. The molecule has 1 heterocycles. The molecule has 0 radical (unpaired) electrons. The van der Waals surface area contributed by atoms with Crippen LogP contribution in [-0.2, 0) is 6.61 Å². The van der Waals surface area contributed by atoms with Crippen LogP contribution < -0.4 is 14.2 Å². The Morgan fingerprint density at radius 3 is 2.44 bits per heavy atom. The number of benzene rings is 2. The van der Waals surface area contributed by atoms with E-state index in [0.29, 0.717) is 23.0 Å². The third kappa shape index (κ3) is 4.17. The van der Waals surface area contributed by atoms with Crippen molar-refractivity contribution in [3.63, 3.8) is 0 Å². The Labute approximate surface area is 143 Å². The summed E-state index contributed by atoms with van der Waals surface area (Å²) in [5.74, 6) is 0.748. The molecule has 2 aromatic carbocycles. The summed E-state index contributed by atoms with van der Waals surface area (Å²) in [4.78, 5) is 12.2. The molecular weight excluding hydrogens is 327 g/mol. The summed E-state index contributed by atoms with van der Waals surface area (Å²) in [5.41, 5.74) is 0. The van der Waals surface area contributed by atoms with E-state index >= 15 is 0 Å². The van der Waals surface area contributed by atoms with Crippen LogP contribution in [0.5, 0.6) is 17.2 Å². The molecule has 0 unspecified atom stereocenters. The fraction of sp³-hybridized carbons (Fsp3) is 0.105. The fourth-order valence-corrected chi connectivity index (χ4v) is 2.10. The molecule has 0 bridgehead atoms. The Bertz CT molecular complexity index is 854. The van der Waals surface area contributed by atoms with Crippen LogP contribution in [0.1, 0.15) is 16.3 Å². The van der Waals surface area contributed by atoms with Crippen molar-refractivity contribution in [2.45, 2.75) is 6.61 Å². The molecule has 128 valence electrons. The van der Waals surface area contributed by atoms with E-state index in [0.717, 1.165) is 0 Å². The number of halogens is 1. The van der Waals surface area contributed by atoms with Gasteiger partial charge in [0.05, 0.1) is 7.11 Å². The predicted octanol–water partition coefficient (Wildman–Crippen LogP) is 4.23. The quantitative estimate of drug-likeness (QED) is 0.496. The zero-order chi connectivity index (χ0) is 17.6. The number of ether oxygens (including phenoxy) is 3. The molecule has 0 aliphatic rings. The van der Waals surface area contributed by atoms with Crippen LogP contribution in [0.3, 0.4) is 0 Å². The van der Waals surface area contributed by atoms with E-state index in [1.165, 1.54) is 37.4 Å². The lowest BCUT2D eigenvalue weighted by molar-refractivity contribution is 0.0692. The first-order valence-electron chi connectivity index (χ1n) is 7.48. The predicted molar refractivity (Wildman–Crippen MR) is 87.4 cm³/mol. The van der Waals surface area contributed by atoms with Gasteiger partial charge in [0.15, 0.2) is 11.5 Å². The van der Waals surface area contributed by atoms with Gasteiger partial charge in [-0.2, -0.15) is 0 Å². The van der Waals surface area contributed by atoms with Crippen LogP contribution >= 0.6 is 0 Å². The van der Waals surface area contributed by atoms with Gasteiger partial charge in [-0.3, -0.25) is 0 Å². The molecule has 0 atom stereocenters. The highest BCUT2D eigenvalue weighted by Crippen LogP contribution is 2.27. The zero-order valence-corrected chi connectivity index (χ0v) is 13.4. The number of hydrogen-bond acceptors (Lipinski definition) is 5. The molecule has 3 rings (SSSR count). The zero-order valence-electron chi connectivity index (χ0n) is 13.4.